The lowest BCUT2D eigenvalue weighted by Gasteiger charge is -2.30. The van der Waals surface area contributed by atoms with E-state index in [-0.39, 0.29) is 12.2 Å². The van der Waals surface area contributed by atoms with E-state index in [1.807, 2.05) is 48.5 Å². The topological polar surface area (TPSA) is 129 Å². The summed E-state index contributed by atoms with van der Waals surface area (Å²) in [6.45, 7) is 0. The van der Waals surface area contributed by atoms with Crippen molar-refractivity contribution in [1.29, 1.82) is 0 Å². The molecule has 5 rings (SSSR count). The summed E-state index contributed by atoms with van der Waals surface area (Å²) in [5.41, 5.74) is 1.74. The maximum Gasteiger partial charge on any atom is 0.414 e. The SMILES string of the molecule is O=C1NC(=O)C(Cc2ccc(OC3CCCC(Oc4ccc(CC5OC(=O)NC5=O)cc4)C3)cc2)O1. The Labute approximate surface area is 207 Å². The number of cyclic esters (lactones) is 2. The highest BCUT2D eigenvalue weighted by Crippen LogP contribution is 2.28. The van der Waals surface area contributed by atoms with Crippen molar-refractivity contribution in [3.63, 3.8) is 0 Å². The van der Waals surface area contributed by atoms with Crippen LogP contribution in [0.25, 0.3) is 0 Å². The highest BCUT2D eigenvalue weighted by Gasteiger charge is 2.33. The summed E-state index contributed by atoms with van der Waals surface area (Å²) in [6, 6.07) is 14.9. The van der Waals surface area contributed by atoms with E-state index in [0.29, 0.717) is 12.8 Å². The van der Waals surface area contributed by atoms with Crippen LogP contribution in [0.15, 0.2) is 48.5 Å². The van der Waals surface area contributed by atoms with Gasteiger partial charge >= 0.3 is 12.2 Å². The number of imide groups is 2. The van der Waals surface area contributed by atoms with Gasteiger partial charge in [0.05, 0.1) is 0 Å². The third kappa shape index (κ3) is 5.76. The van der Waals surface area contributed by atoms with Crippen LogP contribution in [-0.2, 0) is 31.9 Å². The third-order valence-electron chi connectivity index (χ3n) is 6.41. The van der Waals surface area contributed by atoms with Gasteiger partial charge in [0, 0.05) is 19.3 Å². The number of alkyl carbamates (subject to hydrolysis) is 2. The van der Waals surface area contributed by atoms with Gasteiger partial charge in [0.25, 0.3) is 11.8 Å². The highest BCUT2D eigenvalue weighted by atomic mass is 16.6. The van der Waals surface area contributed by atoms with Crippen LogP contribution in [0.4, 0.5) is 9.59 Å². The maximum absolute atomic E-state index is 11.7. The van der Waals surface area contributed by atoms with Crippen molar-refractivity contribution in [1.82, 2.24) is 10.6 Å². The molecule has 4 atom stereocenters. The second kappa shape index (κ2) is 10.3. The molecule has 36 heavy (non-hydrogen) atoms. The first-order valence-corrected chi connectivity index (χ1v) is 12.0. The molecular weight excluding hydrogens is 468 g/mol. The zero-order valence-corrected chi connectivity index (χ0v) is 19.4. The van der Waals surface area contributed by atoms with Crippen LogP contribution < -0.4 is 20.1 Å². The number of benzene rings is 2. The predicted octanol–water partition coefficient (Wildman–Crippen LogP) is 2.81. The van der Waals surface area contributed by atoms with E-state index in [9.17, 15) is 19.2 Å². The van der Waals surface area contributed by atoms with Crippen LogP contribution in [0.3, 0.4) is 0 Å². The number of rotatable bonds is 8. The van der Waals surface area contributed by atoms with Gasteiger partial charge in [-0.25, -0.2) is 9.59 Å². The molecule has 2 saturated heterocycles. The fourth-order valence-corrected chi connectivity index (χ4v) is 4.59. The average molecular weight is 495 g/mol. The molecule has 188 valence electrons. The van der Waals surface area contributed by atoms with Crippen LogP contribution in [0.5, 0.6) is 11.5 Å². The van der Waals surface area contributed by atoms with E-state index >= 15 is 0 Å². The standard InChI is InChI=1S/C26H26N2O8/c29-23-21(35-25(31)27-23)12-15-4-8-17(9-5-15)33-19-2-1-3-20(14-19)34-18-10-6-16(7-11-18)13-22-24(30)28-26(32)36-22/h4-11,19-22H,1-3,12-14H2,(H,27,29,31)(H,28,30,32). The number of carbonyl (C=O) groups excluding carboxylic acids is 4. The van der Waals surface area contributed by atoms with Gasteiger partial charge in [-0.1, -0.05) is 24.3 Å². The summed E-state index contributed by atoms with van der Waals surface area (Å²) in [7, 11) is 0. The van der Waals surface area contributed by atoms with Gasteiger partial charge in [-0.15, -0.1) is 0 Å². The molecule has 2 aromatic carbocycles. The Bertz CT molecular complexity index is 1060. The Balaban J connectivity index is 1.10. The Kier molecular flexibility index (Phi) is 6.75. The maximum atomic E-state index is 11.7. The molecular formula is C26H26N2O8. The molecule has 0 aromatic heterocycles. The van der Waals surface area contributed by atoms with E-state index in [1.165, 1.54) is 0 Å². The van der Waals surface area contributed by atoms with Crippen LogP contribution in [-0.4, -0.2) is 48.4 Å². The molecule has 4 amide bonds. The lowest BCUT2D eigenvalue weighted by molar-refractivity contribution is -0.124. The molecule has 3 fully saturated rings. The minimum Gasteiger partial charge on any atom is -0.490 e. The molecule has 2 N–H and O–H groups in total. The molecule has 1 saturated carbocycles. The van der Waals surface area contributed by atoms with Crippen LogP contribution in [0.1, 0.15) is 36.8 Å². The number of hydrogen-bond acceptors (Lipinski definition) is 8. The molecule has 10 nitrogen and oxygen atoms in total. The van der Waals surface area contributed by atoms with Gasteiger partial charge in [0.2, 0.25) is 0 Å². The summed E-state index contributed by atoms with van der Waals surface area (Å²) >= 11 is 0. The lowest BCUT2D eigenvalue weighted by atomic mass is 9.94. The molecule has 3 aliphatic rings. The van der Waals surface area contributed by atoms with Crippen molar-refractivity contribution in [2.75, 3.05) is 0 Å². The van der Waals surface area contributed by atoms with Crippen molar-refractivity contribution in [3.8, 4) is 11.5 Å². The van der Waals surface area contributed by atoms with Gasteiger partial charge < -0.3 is 18.9 Å². The quantitative estimate of drug-likeness (QED) is 0.573. The van der Waals surface area contributed by atoms with E-state index < -0.39 is 36.2 Å². The molecule has 0 spiro atoms. The summed E-state index contributed by atoms with van der Waals surface area (Å²) < 4.78 is 22.3. The molecule has 2 aromatic rings. The Morgan fingerprint density at radius 2 is 1.08 bits per heavy atom. The molecule has 2 aliphatic heterocycles. The first kappa shape index (κ1) is 23.7. The van der Waals surface area contributed by atoms with Crippen molar-refractivity contribution in [2.24, 2.45) is 0 Å². The normalized spacial score (nSPS) is 25.6. The van der Waals surface area contributed by atoms with Crippen molar-refractivity contribution >= 4 is 24.0 Å². The first-order valence-electron chi connectivity index (χ1n) is 12.0. The highest BCUT2D eigenvalue weighted by molar-refractivity contribution is 6.00. The van der Waals surface area contributed by atoms with Crippen molar-refractivity contribution in [3.05, 3.63) is 59.7 Å². The number of hydrogen-bond donors (Lipinski definition) is 2. The van der Waals surface area contributed by atoms with Crippen LogP contribution >= 0.6 is 0 Å². The van der Waals surface area contributed by atoms with Gasteiger partial charge in [-0.2, -0.15) is 0 Å². The second-order valence-electron chi connectivity index (χ2n) is 9.11. The summed E-state index contributed by atoms with van der Waals surface area (Å²) in [6.07, 6.45) is 1.25. The van der Waals surface area contributed by atoms with E-state index in [2.05, 4.69) is 10.6 Å². The Hall–Kier alpha value is -4.08. The van der Waals surface area contributed by atoms with Gasteiger partial charge in [-0.3, -0.25) is 20.2 Å². The fraction of sp³-hybridized carbons (Fsp3) is 0.385. The monoisotopic (exact) mass is 494 g/mol. The average Bonchev–Trinajstić information content (AvgIpc) is 3.34. The molecule has 0 bridgehead atoms. The molecule has 1 aliphatic carbocycles. The Morgan fingerprint density at radius 1 is 0.667 bits per heavy atom. The largest absolute Gasteiger partial charge is 0.490 e. The van der Waals surface area contributed by atoms with Crippen molar-refractivity contribution < 1.29 is 38.1 Å². The molecule has 4 unspecified atom stereocenters. The minimum atomic E-state index is -0.797. The predicted molar refractivity (Wildman–Crippen MR) is 124 cm³/mol. The third-order valence-corrected chi connectivity index (χ3v) is 6.41. The lowest BCUT2D eigenvalue weighted by Crippen LogP contribution is -2.32. The zero-order chi connectivity index (χ0) is 25.1. The molecule has 10 heteroatoms. The zero-order valence-electron chi connectivity index (χ0n) is 19.4. The number of nitrogens with one attached hydrogen (secondary N) is 2. The van der Waals surface area contributed by atoms with E-state index in [4.69, 9.17) is 18.9 Å². The van der Waals surface area contributed by atoms with Crippen molar-refractivity contribution in [2.45, 2.75) is 62.9 Å². The smallest absolute Gasteiger partial charge is 0.414 e. The summed E-state index contributed by atoms with van der Waals surface area (Å²) in [5, 5.41) is 4.25. The van der Waals surface area contributed by atoms with Gasteiger partial charge in [-0.05, 0) is 54.7 Å². The number of ether oxygens (including phenoxy) is 4. The summed E-state index contributed by atoms with van der Waals surface area (Å²) in [4.78, 5) is 45.6. The summed E-state index contributed by atoms with van der Waals surface area (Å²) in [5.74, 6) is 0.626. The Morgan fingerprint density at radius 3 is 1.44 bits per heavy atom. The van der Waals surface area contributed by atoms with Crippen LogP contribution in [0.2, 0.25) is 0 Å². The van der Waals surface area contributed by atoms with Gasteiger partial charge in [0.15, 0.2) is 12.2 Å². The molecule has 0 radical (unpaired) electrons. The minimum absolute atomic E-state index is 0.0194. The fourth-order valence-electron chi connectivity index (χ4n) is 4.59. The number of carbonyl (C=O) groups is 4. The second-order valence-corrected chi connectivity index (χ2v) is 9.11. The van der Waals surface area contributed by atoms with E-state index in [0.717, 1.165) is 48.3 Å². The van der Waals surface area contributed by atoms with Crippen LogP contribution in [0, 0.1) is 0 Å². The van der Waals surface area contributed by atoms with Gasteiger partial charge in [0.1, 0.15) is 23.7 Å². The number of amides is 4. The van der Waals surface area contributed by atoms with E-state index in [1.54, 1.807) is 0 Å². The molecule has 2 heterocycles. The first-order chi connectivity index (χ1) is 17.4.